The largest absolute Gasteiger partial charge is 0.388 e. The SMILES string of the molecule is CCC[C@H]1C[C@H](C(=O)N[C@@H]([C@@H]2O[C@@H](SC)[C@@H](O)[C@H](O)[C@@H]2O)[C@H](C)Cl)N(C)C1. The smallest absolute Gasteiger partial charge is 0.237 e. The van der Waals surface area contributed by atoms with Gasteiger partial charge in [0, 0.05) is 6.54 Å². The Morgan fingerprint density at radius 3 is 2.56 bits per heavy atom. The maximum atomic E-state index is 12.9. The van der Waals surface area contributed by atoms with Crippen molar-refractivity contribution < 1.29 is 24.9 Å². The summed E-state index contributed by atoms with van der Waals surface area (Å²) in [5.41, 5.74) is -0.702. The van der Waals surface area contributed by atoms with Crippen LogP contribution in [0.3, 0.4) is 0 Å². The van der Waals surface area contributed by atoms with Gasteiger partial charge < -0.3 is 25.4 Å². The minimum absolute atomic E-state index is 0.147. The second kappa shape index (κ2) is 10.1. The number of amides is 1. The van der Waals surface area contributed by atoms with Gasteiger partial charge in [0.05, 0.1) is 17.5 Å². The molecule has 9 atom stereocenters. The second-order valence-electron chi connectivity index (χ2n) is 7.73. The number of carbonyl (C=O) groups excluding carboxylic acids is 1. The fraction of sp³-hybridized carbons (Fsp3) is 0.944. The third-order valence-corrected chi connectivity index (χ3v) is 6.76. The number of aliphatic hydroxyl groups excluding tert-OH is 3. The van der Waals surface area contributed by atoms with Gasteiger partial charge >= 0.3 is 0 Å². The van der Waals surface area contributed by atoms with Crippen LogP contribution in [0.4, 0.5) is 0 Å². The van der Waals surface area contributed by atoms with Gasteiger partial charge in [0.25, 0.3) is 0 Å². The van der Waals surface area contributed by atoms with Gasteiger partial charge in [0.15, 0.2) is 0 Å². The number of rotatable bonds is 7. The lowest BCUT2D eigenvalue weighted by molar-refractivity contribution is -0.205. The molecule has 0 spiro atoms. The number of hydrogen-bond acceptors (Lipinski definition) is 7. The zero-order chi connectivity index (χ0) is 20.3. The molecule has 2 heterocycles. The van der Waals surface area contributed by atoms with Crippen molar-refractivity contribution in [3.8, 4) is 0 Å². The second-order valence-corrected chi connectivity index (χ2v) is 9.36. The Bertz CT molecular complexity index is 498. The molecular weight excluding hydrogens is 392 g/mol. The van der Waals surface area contributed by atoms with Crippen molar-refractivity contribution in [1.29, 1.82) is 0 Å². The van der Waals surface area contributed by atoms with E-state index >= 15 is 0 Å². The molecule has 2 aliphatic rings. The first-order chi connectivity index (χ1) is 12.7. The highest BCUT2D eigenvalue weighted by Crippen LogP contribution is 2.31. The highest BCUT2D eigenvalue weighted by atomic mass is 35.5. The van der Waals surface area contributed by atoms with E-state index in [1.165, 1.54) is 11.8 Å². The molecule has 27 heavy (non-hydrogen) atoms. The summed E-state index contributed by atoms with van der Waals surface area (Å²) in [4.78, 5) is 14.9. The number of thioether (sulfide) groups is 1. The Morgan fingerprint density at radius 1 is 1.33 bits per heavy atom. The molecule has 0 unspecified atom stereocenters. The summed E-state index contributed by atoms with van der Waals surface area (Å²) < 4.78 is 5.79. The first-order valence-corrected chi connectivity index (χ1v) is 11.3. The lowest BCUT2D eigenvalue weighted by Crippen LogP contribution is -2.65. The van der Waals surface area contributed by atoms with Crippen molar-refractivity contribution >= 4 is 29.3 Å². The third kappa shape index (κ3) is 5.29. The molecule has 0 aromatic rings. The topological polar surface area (TPSA) is 102 Å². The Morgan fingerprint density at radius 2 is 2.00 bits per heavy atom. The van der Waals surface area contributed by atoms with Gasteiger partial charge in [-0.2, -0.15) is 0 Å². The predicted octanol–water partition coefficient (Wildman–Crippen LogP) is 0.390. The van der Waals surface area contributed by atoms with E-state index in [4.69, 9.17) is 16.3 Å². The van der Waals surface area contributed by atoms with E-state index in [0.29, 0.717) is 5.92 Å². The quantitative estimate of drug-likeness (QED) is 0.438. The normalized spacial score (nSPS) is 39.9. The molecule has 158 valence electrons. The average Bonchev–Trinajstić information content (AvgIpc) is 2.99. The minimum atomic E-state index is -1.36. The molecule has 2 rings (SSSR count). The summed E-state index contributed by atoms with van der Waals surface area (Å²) in [7, 11) is 1.94. The number of likely N-dealkylation sites (tertiary alicyclic amines) is 1. The number of nitrogens with zero attached hydrogens (tertiary/aromatic N) is 1. The van der Waals surface area contributed by atoms with Gasteiger partial charge in [-0.3, -0.25) is 9.69 Å². The van der Waals surface area contributed by atoms with Crippen LogP contribution in [0, 0.1) is 5.92 Å². The molecule has 7 nitrogen and oxygen atoms in total. The van der Waals surface area contributed by atoms with E-state index in [9.17, 15) is 20.1 Å². The number of alkyl halides is 1. The number of ether oxygens (including phenoxy) is 1. The Kier molecular flexibility index (Phi) is 8.67. The Hall–Kier alpha value is -0.0900. The number of nitrogens with one attached hydrogen (secondary N) is 1. The predicted molar refractivity (Wildman–Crippen MR) is 107 cm³/mol. The van der Waals surface area contributed by atoms with Crippen LogP contribution in [-0.4, -0.2) is 93.3 Å². The van der Waals surface area contributed by atoms with E-state index in [1.54, 1.807) is 13.2 Å². The maximum absolute atomic E-state index is 12.9. The molecule has 0 radical (unpaired) electrons. The zero-order valence-electron chi connectivity index (χ0n) is 16.4. The summed E-state index contributed by atoms with van der Waals surface area (Å²) in [6, 6.07) is -0.934. The fourth-order valence-corrected chi connectivity index (χ4v) is 5.00. The van der Waals surface area contributed by atoms with Crippen molar-refractivity contribution in [3.63, 3.8) is 0 Å². The fourth-order valence-electron chi connectivity index (χ4n) is 4.11. The van der Waals surface area contributed by atoms with Gasteiger partial charge in [-0.05, 0) is 39.0 Å². The van der Waals surface area contributed by atoms with Crippen LogP contribution in [0.15, 0.2) is 0 Å². The van der Waals surface area contributed by atoms with Gasteiger partial charge in [-0.1, -0.05) is 13.3 Å². The molecule has 1 amide bonds. The summed E-state index contributed by atoms with van der Waals surface area (Å²) in [6.45, 7) is 4.74. The van der Waals surface area contributed by atoms with Crippen LogP contribution < -0.4 is 5.32 Å². The molecule has 0 saturated carbocycles. The van der Waals surface area contributed by atoms with Crippen molar-refractivity contribution in [1.82, 2.24) is 10.2 Å². The summed E-state index contributed by atoms with van der Waals surface area (Å²) >= 11 is 7.55. The van der Waals surface area contributed by atoms with Crippen LogP contribution in [0.1, 0.15) is 33.1 Å². The van der Waals surface area contributed by atoms with Gasteiger partial charge in [0.2, 0.25) is 5.91 Å². The Labute approximate surface area is 170 Å². The van der Waals surface area contributed by atoms with Crippen LogP contribution in [-0.2, 0) is 9.53 Å². The van der Waals surface area contributed by atoms with Gasteiger partial charge in [-0.25, -0.2) is 0 Å². The molecule has 0 aromatic carbocycles. The Balaban J connectivity index is 2.09. The van der Waals surface area contributed by atoms with E-state index in [1.807, 2.05) is 11.9 Å². The molecule has 2 aliphatic heterocycles. The highest BCUT2D eigenvalue weighted by Gasteiger charge is 2.48. The molecule has 2 saturated heterocycles. The first-order valence-electron chi connectivity index (χ1n) is 9.58. The number of carbonyl (C=O) groups is 1. The van der Waals surface area contributed by atoms with E-state index < -0.39 is 41.3 Å². The lowest BCUT2D eigenvalue weighted by Gasteiger charge is -2.44. The molecule has 2 fully saturated rings. The van der Waals surface area contributed by atoms with Gasteiger partial charge in [0.1, 0.15) is 29.9 Å². The monoisotopic (exact) mass is 424 g/mol. The van der Waals surface area contributed by atoms with Gasteiger partial charge in [-0.15, -0.1) is 23.4 Å². The van der Waals surface area contributed by atoms with Crippen molar-refractivity contribution in [2.45, 2.75) is 80.4 Å². The van der Waals surface area contributed by atoms with Crippen molar-refractivity contribution in [2.24, 2.45) is 5.92 Å². The summed E-state index contributed by atoms with van der Waals surface area (Å²) in [6.07, 6.45) is -0.0980. The molecule has 9 heteroatoms. The average molecular weight is 425 g/mol. The van der Waals surface area contributed by atoms with E-state index in [-0.39, 0.29) is 11.9 Å². The first kappa shape index (κ1) is 23.2. The molecular formula is C18H33ClN2O5S. The molecule has 4 N–H and O–H groups in total. The highest BCUT2D eigenvalue weighted by molar-refractivity contribution is 7.99. The van der Waals surface area contributed by atoms with Crippen molar-refractivity contribution in [2.75, 3.05) is 19.8 Å². The molecule has 0 aromatic heterocycles. The third-order valence-electron chi connectivity index (χ3n) is 5.63. The molecule has 0 aliphatic carbocycles. The van der Waals surface area contributed by atoms with E-state index in [2.05, 4.69) is 12.2 Å². The van der Waals surface area contributed by atoms with Crippen LogP contribution in [0.5, 0.6) is 0 Å². The van der Waals surface area contributed by atoms with Crippen LogP contribution in [0.25, 0.3) is 0 Å². The zero-order valence-corrected chi connectivity index (χ0v) is 18.0. The number of likely N-dealkylation sites (N-methyl/N-ethyl adjacent to an activating group) is 1. The van der Waals surface area contributed by atoms with E-state index in [0.717, 1.165) is 25.8 Å². The lowest BCUT2D eigenvalue weighted by atomic mass is 9.92. The van der Waals surface area contributed by atoms with Crippen molar-refractivity contribution in [3.05, 3.63) is 0 Å². The number of hydrogen-bond donors (Lipinski definition) is 4. The maximum Gasteiger partial charge on any atom is 0.237 e. The van der Waals surface area contributed by atoms with Crippen LogP contribution >= 0.6 is 23.4 Å². The summed E-state index contributed by atoms with van der Waals surface area (Å²) in [5, 5.41) is 33.0. The number of halogens is 1. The van der Waals surface area contributed by atoms with Crippen LogP contribution in [0.2, 0.25) is 0 Å². The number of aliphatic hydroxyl groups is 3. The standard InChI is InChI=1S/C18H33ClN2O5S/c1-5-6-10-7-11(21(3)8-10)17(25)20-12(9(2)19)16-14(23)13(22)15(24)18(26-16)27-4/h9-16,18,22-24H,5-8H2,1-4H3,(H,20,25)/t9-,10-,11+,12+,13+,14-,15-,16-,18-/m0/s1. The molecule has 0 bridgehead atoms. The minimum Gasteiger partial charge on any atom is -0.388 e. The summed E-state index contributed by atoms with van der Waals surface area (Å²) in [5.74, 6) is 0.350.